The van der Waals surface area contributed by atoms with Crippen molar-refractivity contribution in [1.29, 1.82) is 0 Å². The fourth-order valence-electron chi connectivity index (χ4n) is 2.03. The number of aromatic nitrogens is 1. The summed E-state index contributed by atoms with van der Waals surface area (Å²) in [7, 11) is 3.82. The maximum Gasteiger partial charge on any atom is 0.152 e. The number of aliphatic imine (C=N–C) groups is 2. The van der Waals surface area contributed by atoms with Gasteiger partial charge in [0.1, 0.15) is 10.7 Å². The zero-order valence-corrected chi connectivity index (χ0v) is 16.8. The van der Waals surface area contributed by atoms with Crippen LogP contribution in [0.4, 0.5) is 9.39 Å². The first-order chi connectivity index (χ1) is 12.5. The highest BCUT2D eigenvalue weighted by atomic mass is 32.1. The van der Waals surface area contributed by atoms with Gasteiger partial charge in [0.05, 0.1) is 17.4 Å². The van der Waals surface area contributed by atoms with Crippen molar-refractivity contribution >= 4 is 28.4 Å². The second-order valence-corrected chi connectivity index (χ2v) is 6.92. The molecule has 26 heavy (non-hydrogen) atoms. The minimum atomic E-state index is -0.260. The van der Waals surface area contributed by atoms with E-state index in [9.17, 15) is 4.39 Å². The lowest BCUT2D eigenvalue weighted by molar-refractivity contribution is 0.619. The second-order valence-electron chi connectivity index (χ2n) is 5.81. The van der Waals surface area contributed by atoms with Gasteiger partial charge in [0.25, 0.3) is 0 Å². The van der Waals surface area contributed by atoms with Gasteiger partial charge in [0, 0.05) is 39.5 Å². The number of amidine groups is 1. The topological polar surface area (TPSA) is 78.9 Å². The van der Waals surface area contributed by atoms with Gasteiger partial charge in [0.15, 0.2) is 5.84 Å². The molecule has 0 aromatic carbocycles. The Morgan fingerprint density at radius 3 is 2.81 bits per heavy atom. The van der Waals surface area contributed by atoms with E-state index in [4.69, 9.17) is 5.73 Å². The third kappa shape index (κ3) is 8.35. The van der Waals surface area contributed by atoms with Crippen LogP contribution in [0, 0.1) is 0 Å². The Morgan fingerprint density at radius 1 is 1.38 bits per heavy atom. The van der Waals surface area contributed by atoms with E-state index >= 15 is 0 Å². The standard InChI is InChI=1S/C18H29FN6S/c1-5-9-21-11-8-15-24-16(17(20)26-15)18(25(3)4)23-13-12-22-10-6-7-14(2)19/h6-7,10,12,21H,5,8-9,11,13,20H2,1-4H3/b10-6-,14-7+,22-12?,23-18?. The van der Waals surface area contributed by atoms with E-state index in [1.807, 2.05) is 19.0 Å². The molecule has 1 rings (SSSR count). The van der Waals surface area contributed by atoms with Crippen molar-refractivity contribution in [3.8, 4) is 0 Å². The number of nitrogens with zero attached hydrogens (tertiary/aromatic N) is 4. The SMILES string of the molecule is CCCNCCc1nc(C(=NCC=N/C=C\C=C(/C)F)N(C)C)c(N)s1. The lowest BCUT2D eigenvalue weighted by Crippen LogP contribution is -2.25. The molecule has 1 aromatic rings. The summed E-state index contributed by atoms with van der Waals surface area (Å²) in [4.78, 5) is 15.1. The fraction of sp³-hybridized carbons (Fsp3) is 0.500. The Bertz CT molecular complexity index is 657. The van der Waals surface area contributed by atoms with Crippen LogP contribution in [0.15, 0.2) is 34.2 Å². The third-order valence-electron chi connectivity index (χ3n) is 3.20. The van der Waals surface area contributed by atoms with Crippen molar-refractivity contribution in [2.75, 3.05) is 39.5 Å². The molecule has 0 aliphatic rings. The molecule has 0 bridgehead atoms. The average molecular weight is 381 g/mol. The Hall–Kier alpha value is -2.06. The molecule has 0 atom stereocenters. The van der Waals surface area contributed by atoms with Gasteiger partial charge in [0.2, 0.25) is 0 Å². The van der Waals surface area contributed by atoms with Crippen LogP contribution in [0.3, 0.4) is 0 Å². The summed E-state index contributed by atoms with van der Waals surface area (Å²) >= 11 is 1.50. The van der Waals surface area contributed by atoms with Gasteiger partial charge in [-0.25, -0.2) is 9.37 Å². The molecule has 144 valence electrons. The number of hydrogen-bond acceptors (Lipinski definition) is 6. The summed E-state index contributed by atoms with van der Waals surface area (Å²) in [5, 5.41) is 5.03. The van der Waals surface area contributed by atoms with Gasteiger partial charge >= 0.3 is 0 Å². The monoisotopic (exact) mass is 380 g/mol. The number of rotatable bonds is 10. The number of halogens is 1. The minimum absolute atomic E-state index is 0.260. The quantitative estimate of drug-likeness (QED) is 0.283. The summed E-state index contributed by atoms with van der Waals surface area (Å²) in [6.07, 6.45) is 8.02. The van der Waals surface area contributed by atoms with Gasteiger partial charge in [-0.05, 0) is 32.0 Å². The lowest BCUT2D eigenvalue weighted by atomic mass is 10.3. The maximum atomic E-state index is 12.5. The van der Waals surface area contributed by atoms with Crippen molar-refractivity contribution in [3.63, 3.8) is 0 Å². The molecule has 0 radical (unpaired) electrons. The Labute approximate surface area is 159 Å². The number of hydrogen-bond donors (Lipinski definition) is 2. The number of nitrogen functional groups attached to an aromatic ring is 1. The van der Waals surface area contributed by atoms with E-state index in [1.165, 1.54) is 30.5 Å². The van der Waals surface area contributed by atoms with E-state index in [-0.39, 0.29) is 5.83 Å². The lowest BCUT2D eigenvalue weighted by Gasteiger charge is -2.14. The summed E-state index contributed by atoms with van der Waals surface area (Å²) in [5.74, 6) is 0.463. The highest BCUT2D eigenvalue weighted by molar-refractivity contribution is 7.15. The van der Waals surface area contributed by atoms with Gasteiger partial charge in [-0.3, -0.25) is 9.98 Å². The first-order valence-electron chi connectivity index (χ1n) is 8.64. The number of nitrogens with two attached hydrogens (primary N) is 1. The van der Waals surface area contributed by atoms with Crippen LogP contribution in [-0.2, 0) is 6.42 Å². The molecule has 0 amide bonds. The molecule has 0 aliphatic heterocycles. The number of anilines is 1. The zero-order chi connectivity index (χ0) is 19.4. The summed E-state index contributed by atoms with van der Waals surface area (Å²) in [6.45, 7) is 5.81. The van der Waals surface area contributed by atoms with Crippen molar-refractivity contribution in [1.82, 2.24) is 15.2 Å². The van der Waals surface area contributed by atoms with Crippen molar-refractivity contribution in [3.05, 3.63) is 34.9 Å². The van der Waals surface area contributed by atoms with Crippen LogP contribution in [0.2, 0.25) is 0 Å². The van der Waals surface area contributed by atoms with Crippen LogP contribution in [0.5, 0.6) is 0 Å². The second kappa shape index (κ2) is 12.3. The molecule has 0 spiro atoms. The zero-order valence-electron chi connectivity index (χ0n) is 16.0. The fourth-order valence-corrected chi connectivity index (χ4v) is 2.86. The van der Waals surface area contributed by atoms with Crippen molar-refractivity contribution in [2.24, 2.45) is 9.98 Å². The van der Waals surface area contributed by atoms with Gasteiger partial charge in [-0.15, -0.1) is 11.3 Å². The van der Waals surface area contributed by atoms with Crippen LogP contribution in [0.25, 0.3) is 0 Å². The summed E-state index contributed by atoms with van der Waals surface area (Å²) in [5.41, 5.74) is 6.86. The number of thiazole rings is 1. The number of nitrogens with one attached hydrogen (secondary N) is 1. The molecular weight excluding hydrogens is 351 g/mol. The average Bonchev–Trinajstić information content (AvgIpc) is 2.94. The molecule has 3 N–H and O–H groups in total. The Kier molecular flexibility index (Phi) is 10.4. The molecule has 0 fully saturated rings. The number of allylic oxidation sites excluding steroid dienone is 3. The molecule has 0 saturated carbocycles. The third-order valence-corrected chi connectivity index (χ3v) is 4.15. The molecule has 6 nitrogen and oxygen atoms in total. The van der Waals surface area contributed by atoms with Gasteiger partial charge in [-0.1, -0.05) is 6.92 Å². The molecule has 0 saturated heterocycles. The minimum Gasteiger partial charge on any atom is -0.389 e. The van der Waals surface area contributed by atoms with E-state index in [0.29, 0.717) is 17.2 Å². The van der Waals surface area contributed by atoms with E-state index in [1.54, 1.807) is 12.3 Å². The normalized spacial score (nSPS) is 13.3. The van der Waals surface area contributed by atoms with E-state index < -0.39 is 0 Å². The molecule has 0 aliphatic carbocycles. The maximum absolute atomic E-state index is 12.5. The molecule has 1 heterocycles. The van der Waals surface area contributed by atoms with Crippen LogP contribution < -0.4 is 11.1 Å². The molecule has 1 aromatic heterocycles. The highest BCUT2D eigenvalue weighted by Crippen LogP contribution is 2.22. The predicted molar refractivity (Wildman–Crippen MR) is 111 cm³/mol. The van der Waals surface area contributed by atoms with Crippen molar-refractivity contribution < 1.29 is 4.39 Å². The predicted octanol–water partition coefficient (Wildman–Crippen LogP) is 3.03. The van der Waals surface area contributed by atoms with E-state index in [2.05, 4.69) is 27.2 Å². The summed E-state index contributed by atoms with van der Waals surface area (Å²) in [6, 6.07) is 0. The first kappa shape index (κ1) is 22.0. The molecule has 8 heteroatoms. The first-order valence-corrected chi connectivity index (χ1v) is 9.46. The Balaban J connectivity index is 2.74. The molecular formula is C18H29FN6S. The van der Waals surface area contributed by atoms with Crippen molar-refractivity contribution in [2.45, 2.75) is 26.7 Å². The van der Waals surface area contributed by atoms with Crippen LogP contribution in [0.1, 0.15) is 31.0 Å². The summed E-state index contributed by atoms with van der Waals surface area (Å²) < 4.78 is 12.5. The van der Waals surface area contributed by atoms with Gasteiger partial charge in [-0.2, -0.15) is 0 Å². The Morgan fingerprint density at radius 2 is 2.15 bits per heavy atom. The largest absolute Gasteiger partial charge is 0.389 e. The van der Waals surface area contributed by atoms with E-state index in [0.717, 1.165) is 36.8 Å². The van der Waals surface area contributed by atoms with Crippen LogP contribution in [-0.4, -0.2) is 55.7 Å². The van der Waals surface area contributed by atoms with Gasteiger partial charge < -0.3 is 16.0 Å². The smallest absolute Gasteiger partial charge is 0.152 e. The highest BCUT2D eigenvalue weighted by Gasteiger charge is 2.15. The molecule has 0 unspecified atom stereocenters. The van der Waals surface area contributed by atoms with Crippen LogP contribution >= 0.6 is 11.3 Å².